The Hall–Kier alpha value is -3.26. The summed E-state index contributed by atoms with van der Waals surface area (Å²) >= 11 is 1.37. The van der Waals surface area contributed by atoms with Crippen LogP contribution in [-0.4, -0.2) is 29.9 Å². The summed E-state index contributed by atoms with van der Waals surface area (Å²) in [5.41, 5.74) is 2.99. The van der Waals surface area contributed by atoms with Gasteiger partial charge in [-0.1, -0.05) is 6.07 Å². The van der Waals surface area contributed by atoms with Crippen LogP contribution in [0.4, 0.5) is 4.39 Å². The van der Waals surface area contributed by atoms with E-state index >= 15 is 0 Å². The maximum atomic E-state index is 12.9. The Balaban J connectivity index is 1.37. The lowest BCUT2D eigenvalue weighted by molar-refractivity contribution is 0.0948. The van der Waals surface area contributed by atoms with Gasteiger partial charge < -0.3 is 15.4 Å². The highest BCUT2D eigenvalue weighted by molar-refractivity contribution is 7.09. The van der Waals surface area contributed by atoms with Gasteiger partial charge in [0.2, 0.25) is 0 Å². The quantitative estimate of drug-likeness (QED) is 0.492. The molecule has 3 rings (SSSR count). The molecule has 1 aromatic heterocycles. The van der Waals surface area contributed by atoms with Crippen molar-refractivity contribution >= 4 is 23.2 Å². The van der Waals surface area contributed by atoms with Crippen molar-refractivity contribution < 1.29 is 18.7 Å². The molecule has 0 aliphatic heterocycles. The minimum atomic E-state index is -0.388. The van der Waals surface area contributed by atoms with Gasteiger partial charge in [-0.25, -0.2) is 9.37 Å². The number of rotatable bonds is 9. The molecule has 3 aromatic rings. The highest BCUT2D eigenvalue weighted by Gasteiger charge is 2.11. The van der Waals surface area contributed by atoms with E-state index in [1.165, 1.54) is 35.6 Å². The molecule has 6 nitrogen and oxygen atoms in total. The van der Waals surface area contributed by atoms with Crippen LogP contribution in [-0.2, 0) is 6.61 Å². The van der Waals surface area contributed by atoms with Gasteiger partial charge in [0.05, 0.1) is 0 Å². The molecular formula is C23H24FN3O3S. The van der Waals surface area contributed by atoms with E-state index < -0.39 is 0 Å². The predicted molar refractivity (Wildman–Crippen MR) is 118 cm³/mol. The summed E-state index contributed by atoms with van der Waals surface area (Å²) in [6.45, 7) is 5.12. The van der Waals surface area contributed by atoms with Gasteiger partial charge in [0.1, 0.15) is 28.9 Å². The zero-order valence-corrected chi connectivity index (χ0v) is 18.2. The first-order chi connectivity index (χ1) is 14.9. The van der Waals surface area contributed by atoms with Crippen molar-refractivity contribution in [2.75, 3.05) is 13.1 Å². The fraction of sp³-hybridized carbons (Fsp3) is 0.261. The second kappa shape index (κ2) is 10.7. The van der Waals surface area contributed by atoms with Gasteiger partial charge in [0.25, 0.3) is 11.8 Å². The van der Waals surface area contributed by atoms with Crippen LogP contribution < -0.4 is 15.4 Å². The van der Waals surface area contributed by atoms with Gasteiger partial charge in [0, 0.05) is 24.0 Å². The number of benzene rings is 2. The molecule has 0 radical (unpaired) electrons. The average Bonchev–Trinajstić information content (AvgIpc) is 3.21. The van der Waals surface area contributed by atoms with Crippen molar-refractivity contribution in [3.05, 3.63) is 81.1 Å². The summed E-state index contributed by atoms with van der Waals surface area (Å²) in [5.74, 6) is -0.152. The molecule has 0 atom stereocenters. The third kappa shape index (κ3) is 6.89. The molecule has 31 heavy (non-hydrogen) atoms. The standard InChI is InChI=1S/C23H24FN3O3S/c1-15-10-16(2)12-19(11-15)30-13-21-27-20(14-31-21)23(29)26-9-3-8-25-22(28)17-4-6-18(24)7-5-17/h4-7,10-12,14H,3,8-9,13H2,1-2H3,(H,25,28)(H,26,29). The third-order valence-electron chi connectivity index (χ3n) is 4.37. The van der Waals surface area contributed by atoms with Crippen molar-refractivity contribution in [3.8, 4) is 5.75 Å². The number of halogens is 1. The number of hydrogen-bond donors (Lipinski definition) is 2. The molecule has 2 amide bonds. The third-order valence-corrected chi connectivity index (χ3v) is 5.20. The first-order valence-electron chi connectivity index (χ1n) is 9.88. The van der Waals surface area contributed by atoms with Crippen molar-refractivity contribution in [2.24, 2.45) is 0 Å². The molecule has 162 valence electrons. The molecule has 0 fully saturated rings. The van der Waals surface area contributed by atoms with Crippen LogP contribution in [0.2, 0.25) is 0 Å². The van der Waals surface area contributed by atoms with E-state index in [1.54, 1.807) is 5.38 Å². The molecule has 8 heteroatoms. The SMILES string of the molecule is Cc1cc(C)cc(OCc2nc(C(=O)NCCCNC(=O)c3ccc(F)cc3)cs2)c1. The first-order valence-corrected chi connectivity index (χ1v) is 10.8. The second-order valence-electron chi connectivity index (χ2n) is 7.11. The maximum absolute atomic E-state index is 12.9. The van der Waals surface area contributed by atoms with E-state index in [-0.39, 0.29) is 17.6 Å². The highest BCUT2D eigenvalue weighted by Crippen LogP contribution is 2.19. The number of nitrogens with zero attached hydrogens (tertiary/aromatic N) is 1. The summed E-state index contributed by atoms with van der Waals surface area (Å²) < 4.78 is 18.7. The monoisotopic (exact) mass is 441 g/mol. The molecule has 0 spiro atoms. The summed E-state index contributed by atoms with van der Waals surface area (Å²) in [4.78, 5) is 28.5. The summed E-state index contributed by atoms with van der Waals surface area (Å²) in [7, 11) is 0. The maximum Gasteiger partial charge on any atom is 0.270 e. The normalized spacial score (nSPS) is 10.5. The lowest BCUT2D eigenvalue weighted by atomic mass is 10.1. The van der Waals surface area contributed by atoms with E-state index in [0.717, 1.165) is 21.9 Å². The van der Waals surface area contributed by atoms with Crippen molar-refractivity contribution in [1.29, 1.82) is 0 Å². The summed E-state index contributed by atoms with van der Waals surface area (Å²) in [6, 6.07) is 11.3. The van der Waals surface area contributed by atoms with Crippen LogP contribution in [0.5, 0.6) is 5.75 Å². The van der Waals surface area contributed by atoms with Crippen LogP contribution in [0.15, 0.2) is 47.8 Å². The molecule has 0 bridgehead atoms. The Morgan fingerprint density at radius 1 is 1.00 bits per heavy atom. The predicted octanol–water partition coefficient (Wildman–Crippen LogP) is 4.03. The summed E-state index contributed by atoms with van der Waals surface area (Å²) in [6.07, 6.45) is 0.561. The van der Waals surface area contributed by atoms with Crippen LogP contribution in [0, 0.1) is 19.7 Å². The van der Waals surface area contributed by atoms with Gasteiger partial charge in [-0.3, -0.25) is 9.59 Å². The molecule has 1 heterocycles. The zero-order valence-electron chi connectivity index (χ0n) is 17.4. The molecule has 0 unspecified atom stereocenters. The number of thiazole rings is 1. The van der Waals surface area contributed by atoms with Gasteiger partial charge in [-0.2, -0.15) is 0 Å². The minimum absolute atomic E-state index is 0.265. The van der Waals surface area contributed by atoms with E-state index in [0.29, 0.717) is 37.4 Å². The molecule has 2 N–H and O–H groups in total. The van der Waals surface area contributed by atoms with E-state index in [1.807, 2.05) is 26.0 Å². The van der Waals surface area contributed by atoms with Gasteiger partial charge in [-0.05, 0) is 67.8 Å². The Morgan fingerprint density at radius 3 is 2.32 bits per heavy atom. The Morgan fingerprint density at radius 2 is 1.65 bits per heavy atom. The number of ether oxygens (including phenoxy) is 1. The number of amides is 2. The highest BCUT2D eigenvalue weighted by atomic mass is 32.1. The molecule has 2 aromatic carbocycles. The Bertz CT molecular complexity index is 1030. The average molecular weight is 442 g/mol. The van der Waals surface area contributed by atoms with Crippen molar-refractivity contribution in [3.63, 3.8) is 0 Å². The van der Waals surface area contributed by atoms with Crippen LogP contribution >= 0.6 is 11.3 Å². The van der Waals surface area contributed by atoms with Crippen LogP contribution in [0.3, 0.4) is 0 Å². The second-order valence-corrected chi connectivity index (χ2v) is 8.05. The van der Waals surface area contributed by atoms with Crippen LogP contribution in [0.25, 0.3) is 0 Å². The Labute approximate surface area is 184 Å². The summed E-state index contributed by atoms with van der Waals surface area (Å²) in [5, 5.41) is 7.94. The molecule has 0 saturated carbocycles. The van der Waals surface area contributed by atoms with Gasteiger partial charge in [0.15, 0.2) is 0 Å². The van der Waals surface area contributed by atoms with E-state index in [9.17, 15) is 14.0 Å². The molecule has 0 aliphatic rings. The van der Waals surface area contributed by atoms with Crippen molar-refractivity contribution in [1.82, 2.24) is 15.6 Å². The van der Waals surface area contributed by atoms with E-state index in [2.05, 4.69) is 21.7 Å². The number of carbonyl (C=O) groups is 2. The smallest absolute Gasteiger partial charge is 0.270 e. The lowest BCUT2D eigenvalue weighted by Crippen LogP contribution is -2.30. The number of aryl methyl sites for hydroxylation is 2. The number of aromatic nitrogens is 1. The minimum Gasteiger partial charge on any atom is -0.486 e. The van der Waals surface area contributed by atoms with E-state index in [4.69, 9.17) is 4.74 Å². The van der Waals surface area contributed by atoms with Gasteiger partial charge >= 0.3 is 0 Å². The Kier molecular flexibility index (Phi) is 7.72. The largest absolute Gasteiger partial charge is 0.486 e. The fourth-order valence-electron chi connectivity index (χ4n) is 2.93. The van der Waals surface area contributed by atoms with Crippen LogP contribution in [0.1, 0.15) is 43.4 Å². The molecule has 0 aliphatic carbocycles. The topological polar surface area (TPSA) is 80.3 Å². The van der Waals surface area contributed by atoms with Crippen molar-refractivity contribution in [2.45, 2.75) is 26.9 Å². The molecular weight excluding hydrogens is 417 g/mol. The molecule has 0 saturated heterocycles. The number of hydrogen-bond acceptors (Lipinski definition) is 5. The van der Waals surface area contributed by atoms with Gasteiger partial charge in [-0.15, -0.1) is 11.3 Å². The lowest BCUT2D eigenvalue weighted by Gasteiger charge is -2.07. The fourth-order valence-corrected chi connectivity index (χ4v) is 3.61. The zero-order chi connectivity index (χ0) is 22.2. The number of nitrogens with one attached hydrogen (secondary N) is 2. The number of carbonyl (C=O) groups excluding carboxylic acids is 2. The first kappa shape index (κ1) is 22.4.